The zero-order valence-electron chi connectivity index (χ0n) is 13.8. The third-order valence-corrected chi connectivity index (χ3v) is 3.46. The first kappa shape index (κ1) is 19.3. The predicted octanol–water partition coefficient (Wildman–Crippen LogP) is 3.41. The molecule has 0 heterocycles. The Kier molecular flexibility index (Phi) is 5.66. The number of ether oxygens (including phenoxy) is 1. The largest absolute Gasteiger partial charge is 0.479 e. The van der Waals surface area contributed by atoms with Gasteiger partial charge in [-0.2, -0.15) is 0 Å². The average Bonchev–Trinajstić information content (AvgIpc) is 2.34. The Morgan fingerprint density at radius 1 is 1.22 bits per heavy atom. The van der Waals surface area contributed by atoms with Crippen LogP contribution in [0.1, 0.15) is 40.2 Å². The maximum Gasteiger partial charge on any atom is 0.412 e. The molecule has 7 heteroatoms. The van der Waals surface area contributed by atoms with E-state index in [0.717, 1.165) is 0 Å². The number of hydrogen-bond donors (Lipinski definition) is 3. The van der Waals surface area contributed by atoms with Gasteiger partial charge in [0.25, 0.3) is 0 Å². The van der Waals surface area contributed by atoms with E-state index in [2.05, 4.69) is 5.32 Å². The maximum atomic E-state index is 12.0. The minimum Gasteiger partial charge on any atom is -0.479 e. The second-order valence-corrected chi connectivity index (χ2v) is 7.22. The number of anilines is 1. The number of benzene rings is 1. The molecule has 0 aliphatic carbocycles. The number of halogens is 1. The quantitative estimate of drug-likeness (QED) is 0.778. The van der Waals surface area contributed by atoms with Gasteiger partial charge in [0.1, 0.15) is 5.60 Å². The molecule has 6 nitrogen and oxygen atoms in total. The van der Waals surface area contributed by atoms with Crippen LogP contribution in [0.25, 0.3) is 0 Å². The van der Waals surface area contributed by atoms with E-state index >= 15 is 0 Å². The highest BCUT2D eigenvalue weighted by atomic mass is 35.5. The van der Waals surface area contributed by atoms with E-state index in [-0.39, 0.29) is 5.69 Å². The molecule has 128 valence electrons. The Hall–Kier alpha value is -1.79. The van der Waals surface area contributed by atoms with Crippen molar-refractivity contribution in [1.29, 1.82) is 0 Å². The zero-order valence-corrected chi connectivity index (χ0v) is 14.6. The zero-order chi connectivity index (χ0) is 18.0. The van der Waals surface area contributed by atoms with Gasteiger partial charge in [0.2, 0.25) is 0 Å². The van der Waals surface area contributed by atoms with Crippen LogP contribution in [-0.2, 0) is 14.9 Å². The van der Waals surface area contributed by atoms with Gasteiger partial charge in [-0.1, -0.05) is 31.5 Å². The standard InChI is InChI=1S/C16H22ClNO5/c1-15(2,3)23-14(22)18-11-8-9(17)6-7-10(11)16(4,5)12(19)13(20)21/h6-8,12,19H,1-5H3,(H,18,22)(H,20,21). The van der Waals surface area contributed by atoms with Gasteiger partial charge >= 0.3 is 12.1 Å². The topological polar surface area (TPSA) is 95.9 Å². The fourth-order valence-corrected chi connectivity index (χ4v) is 2.22. The summed E-state index contributed by atoms with van der Waals surface area (Å²) in [6, 6.07) is 4.62. The summed E-state index contributed by atoms with van der Waals surface area (Å²) in [6.45, 7) is 8.31. The van der Waals surface area contributed by atoms with Crippen LogP contribution in [0.3, 0.4) is 0 Å². The monoisotopic (exact) mass is 343 g/mol. The predicted molar refractivity (Wildman–Crippen MR) is 88.0 cm³/mol. The third kappa shape index (κ3) is 5.11. The number of carboxylic acids is 1. The van der Waals surface area contributed by atoms with Crippen molar-refractivity contribution in [3.63, 3.8) is 0 Å². The highest BCUT2D eigenvalue weighted by Gasteiger charge is 2.37. The van der Waals surface area contributed by atoms with Gasteiger partial charge in [-0.3, -0.25) is 5.32 Å². The summed E-state index contributed by atoms with van der Waals surface area (Å²) >= 11 is 5.95. The Morgan fingerprint density at radius 2 is 1.78 bits per heavy atom. The average molecular weight is 344 g/mol. The van der Waals surface area contributed by atoms with E-state index in [0.29, 0.717) is 10.6 Å². The summed E-state index contributed by atoms with van der Waals surface area (Å²) in [6.07, 6.45) is -2.34. The molecule has 23 heavy (non-hydrogen) atoms. The van der Waals surface area contributed by atoms with Crippen LogP contribution >= 0.6 is 11.6 Å². The molecular formula is C16H22ClNO5. The smallest absolute Gasteiger partial charge is 0.412 e. The Bertz CT molecular complexity index is 607. The Morgan fingerprint density at radius 3 is 2.26 bits per heavy atom. The van der Waals surface area contributed by atoms with Gasteiger partial charge in [0.05, 0.1) is 0 Å². The summed E-state index contributed by atoms with van der Waals surface area (Å²) in [7, 11) is 0. The van der Waals surface area contributed by atoms with Crippen LogP contribution < -0.4 is 5.32 Å². The lowest BCUT2D eigenvalue weighted by molar-refractivity contribution is -0.150. The molecule has 0 radical (unpaired) electrons. The fourth-order valence-electron chi connectivity index (χ4n) is 2.05. The number of aliphatic hydroxyl groups is 1. The van der Waals surface area contributed by atoms with E-state index in [1.807, 2.05) is 0 Å². The molecule has 0 spiro atoms. The first-order valence-corrected chi connectivity index (χ1v) is 7.43. The minimum atomic E-state index is -1.65. The number of carbonyl (C=O) groups excluding carboxylic acids is 1. The number of nitrogens with one attached hydrogen (secondary N) is 1. The SMILES string of the molecule is CC(C)(C)OC(=O)Nc1cc(Cl)ccc1C(C)(C)C(O)C(=O)O. The first-order valence-electron chi connectivity index (χ1n) is 7.05. The third-order valence-electron chi connectivity index (χ3n) is 3.23. The molecule has 0 aliphatic heterocycles. The summed E-state index contributed by atoms with van der Waals surface area (Å²) < 4.78 is 5.19. The summed E-state index contributed by atoms with van der Waals surface area (Å²) in [5.74, 6) is -1.35. The number of carboxylic acid groups (broad SMARTS) is 1. The van der Waals surface area contributed by atoms with E-state index < -0.39 is 29.2 Å². The van der Waals surface area contributed by atoms with Crippen LogP contribution in [-0.4, -0.2) is 34.0 Å². The van der Waals surface area contributed by atoms with Crippen molar-refractivity contribution in [2.75, 3.05) is 5.32 Å². The van der Waals surface area contributed by atoms with E-state index in [1.54, 1.807) is 46.8 Å². The molecule has 1 rings (SSSR count). The number of hydrogen-bond acceptors (Lipinski definition) is 4. The van der Waals surface area contributed by atoms with Crippen LogP contribution in [0, 0.1) is 0 Å². The number of aliphatic carboxylic acids is 1. The van der Waals surface area contributed by atoms with Crippen molar-refractivity contribution >= 4 is 29.4 Å². The summed E-state index contributed by atoms with van der Waals surface area (Å²) in [4.78, 5) is 23.1. The van der Waals surface area contributed by atoms with Crippen LogP contribution in [0.2, 0.25) is 5.02 Å². The lowest BCUT2D eigenvalue weighted by Crippen LogP contribution is -2.40. The molecule has 0 saturated carbocycles. The Balaban J connectivity index is 3.21. The normalized spacial score (nSPS) is 13.3. The molecule has 1 aromatic rings. The number of amides is 1. The second-order valence-electron chi connectivity index (χ2n) is 6.78. The molecule has 0 fully saturated rings. The van der Waals surface area contributed by atoms with Gasteiger partial charge in [-0.15, -0.1) is 0 Å². The van der Waals surface area contributed by atoms with Crippen molar-refractivity contribution in [1.82, 2.24) is 0 Å². The molecule has 0 bridgehead atoms. The van der Waals surface area contributed by atoms with E-state index in [9.17, 15) is 14.7 Å². The van der Waals surface area contributed by atoms with Crippen LogP contribution in [0.15, 0.2) is 18.2 Å². The molecule has 1 unspecified atom stereocenters. The minimum absolute atomic E-state index is 0.289. The molecule has 1 aromatic carbocycles. The number of carbonyl (C=O) groups is 2. The summed E-state index contributed by atoms with van der Waals surface area (Å²) in [5.41, 5.74) is -1.11. The lowest BCUT2D eigenvalue weighted by atomic mass is 9.78. The van der Waals surface area contributed by atoms with Gasteiger partial charge in [0, 0.05) is 16.1 Å². The molecule has 3 N–H and O–H groups in total. The van der Waals surface area contributed by atoms with Crippen molar-refractivity contribution < 1.29 is 24.5 Å². The first-order chi connectivity index (χ1) is 10.3. The van der Waals surface area contributed by atoms with E-state index in [4.69, 9.17) is 21.4 Å². The van der Waals surface area contributed by atoms with Crippen molar-refractivity contribution in [3.05, 3.63) is 28.8 Å². The fraction of sp³-hybridized carbons (Fsp3) is 0.500. The molecule has 0 saturated heterocycles. The van der Waals surface area contributed by atoms with Gasteiger partial charge in [-0.25, -0.2) is 9.59 Å². The molecule has 0 aliphatic rings. The Labute approximate surface area is 140 Å². The molecule has 1 amide bonds. The van der Waals surface area contributed by atoms with Gasteiger partial charge in [-0.05, 0) is 38.5 Å². The maximum absolute atomic E-state index is 12.0. The number of rotatable bonds is 4. The van der Waals surface area contributed by atoms with E-state index in [1.165, 1.54) is 6.07 Å². The van der Waals surface area contributed by atoms with Gasteiger partial charge in [0.15, 0.2) is 6.10 Å². The molecular weight excluding hydrogens is 322 g/mol. The lowest BCUT2D eigenvalue weighted by Gasteiger charge is -2.30. The highest BCUT2D eigenvalue weighted by Crippen LogP contribution is 2.35. The van der Waals surface area contributed by atoms with Crippen molar-refractivity contribution in [2.45, 2.75) is 51.7 Å². The highest BCUT2D eigenvalue weighted by molar-refractivity contribution is 6.31. The van der Waals surface area contributed by atoms with Crippen molar-refractivity contribution in [2.24, 2.45) is 0 Å². The number of aliphatic hydroxyl groups excluding tert-OH is 1. The van der Waals surface area contributed by atoms with Crippen molar-refractivity contribution in [3.8, 4) is 0 Å². The molecule has 0 aromatic heterocycles. The van der Waals surface area contributed by atoms with Crippen LogP contribution in [0.5, 0.6) is 0 Å². The summed E-state index contributed by atoms with van der Waals surface area (Å²) in [5, 5.41) is 21.9. The van der Waals surface area contributed by atoms with Gasteiger partial charge < -0.3 is 14.9 Å². The second kappa shape index (κ2) is 6.76. The molecule has 1 atom stereocenters. The van der Waals surface area contributed by atoms with Crippen LogP contribution in [0.4, 0.5) is 10.5 Å².